The van der Waals surface area contributed by atoms with Gasteiger partial charge in [-0.25, -0.2) is 0 Å². The van der Waals surface area contributed by atoms with Crippen LogP contribution in [-0.4, -0.2) is 17.9 Å². The van der Waals surface area contributed by atoms with Crippen molar-refractivity contribution in [1.29, 1.82) is 0 Å². The van der Waals surface area contributed by atoms with Gasteiger partial charge in [-0.2, -0.15) is 0 Å². The quantitative estimate of drug-likeness (QED) is 0.839. The minimum absolute atomic E-state index is 0.0754. The van der Waals surface area contributed by atoms with Crippen molar-refractivity contribution in [1.82, 2.24) is 5.32 Å². The predicted molar refractivity (Wildman–Crippen MR) is 88.7 cm³/mol. The smallest absolute Gasteiger partial charge is 0.239 e. The molecule has 0 spiro atoms. The summed E-state index contributed by atoms with van der Waals surface area (Å²) in [6.45, 7) is 9.75. The first-order chi connectivity index (χ1) is 10.1. The zero-order valence-electron chi connectivity index (χ0n) is 14.1. The standard InChI is InChI=1S/C18H26N2O2/c1-17(2,3)12-6-8-13(9-7-12)19-15(21)18(4,5)16(22)20-14-10-11-14/h6-9,14H,10-11H2,1-5H3,(H,19,21)(H,20,22). The third kappa shape index (κ3) is 3.87. The first-order valence-corrected chi connectivity index (χ1v) is 7.83. The zero-order chi connectivity index (χ0) is 16.5. The molecule has 0 heterocycles. The number of hydrogen-bond donors (Lipinski definition) is 2. The van der Waals surface area contributed by atoms with E-state index in [-0.39, 0.29) is 23.3 Å². The summed E-state index contributed by atoms with van der Waals surface area (Å²) in [6.07, 6.45) is 2.02. The first-order valence-electron chi connectivity index (χ1n) is 7.83. The van der Waals surface area contributed by atoms with Crippen molar-refractivity contribution in [2.24, 2.45) is 5.41 Å². The number of hydrogen-bond acceptors (Lipinski definition) is 2. The fourth-order valence-electron chi connectivity index (χ4n) is 2.04. The van der Waals surface area contributed by atoms with E-state index >= 15 is 0 Å². The lowest BCUT2D eigenvalue weighted by Crippen LogP contribution is -2.45. The maximum atomic E-state index is 12.4. The maximum Gasteiger partial charge on any atom is 0.239 e. The molecule has 0 aromatic heterocycles. The van der Waals surface area contributed by atoms with Crippen LogP contribution in [-0.2, 0) is 15.0 Å². The van der Waals surface area contributed by atoms with Gasteiger partial charge in [-0.05, 0) is 49.8 Å². The monoisotopic (exact) mass is 302 g/mol. The Hall–Kier alpha value is -1.84. The van der Waals surface area contributed by atoms with Gasteiger partial charge in [-0.15, -0.1) is 0 Å². The minimum atomic E-state index is -1.08. The van der Waals surface area contributed by atoms with Gasteiger partial charge in [0.2, 0.25) is 11.8 Å². The summed E-state index contributed by atoms with van der Waals surface area (Å²) in [7, 11) is 0. The fourth-order valence-corrected chi connectivity index (χ4v) is 2.04. The van der Waals surface area contributed by atoms with Gasteiger partial charge in [0.05, 0.1) is 0 Å². The molecule has 1 saturated carbocycles. The number of anilines is 1. The lowest BCUT2D eigenvalue weighted by molar-refractivity contribution is -0.138. The van der Waals surface area contributed by atoms with E-state index in [1.54, 1.807) is 13.8 Å². The molecule has 0 unspecified atom stereocenters. The molecule has 2 amide bonds. The van der Waals surface area contributed by atoms with Gasteiger partial charge >= 0.3 is 0 Å². The van der Waals surface area contributed by atoms with Crippen LogP contribution in [0.15, 0.2) is 24.3 Å². The molecular formula is C18H26N2O2. The molecule has 0 bridgehead atoms. The van der Waals surface area contributed by atoms with Crippen LogP contribution in [0.5, 0.6) is 0 Å². The van der Waals surface area contributed by atoms with Gasteiger partial charge < -0.3 is 10.6 Å². The first kappa shape index (κ1) is 16.5. The normalized spacial score (nSPS) is 15.3. The van der Waals surface area contributed by atoms with Crippen LogP contribution in [0, 0.1) is 5.41 Å². The van der Waals surface area contributed by atoms with Gasteiger partial charge in [0.25, 0.3) is 0 Å². The average molecular weight is 302 g/mol. The van der Waals surface area contributed by atoms with E-state index in [0.717, 1.165) is 12.8 Å². The highest BCUT2D eigenvalue weighted by Crippen LogP contribution is 2.26. The van der Waals surface area contributed by atoms with Gasteiger partial charge in [0.1, 0.15) is 5.41 Å². The van der Waals surface area contributed by atoms with E-state index in [4.69, 9.17) is 0 Å². The summed E-state index contributed by atoms with van der Waals surface area (Å²) in [6, 6.07) is 8.03. The Morgan fingerprint density at radius 2 is 1.50 bits per heavy atom. The Bertz CT molecular complexity index is 564. The Kier molecular flexibility index (Phi) is 4.32. The summed E-state index contributed by atoms with van der Waals surface area (Å²) in [4.78, 5) is 24.5. The predicted octanol–water partition coefficient (Wildman–Crippen LogP) is 3.23. The van der Waals surface area contributed by atoms with Crippen LogP contribution < -0.4 is 10.6 Å². The molecule has 0 radical (unpaired) electrons. The molecule has 1 aromatic carbocycles. The van der Waals surface area contributed by atoms with Crippen molar-refractivity contribution in [2.75, 3.05) is 5.32 Å². The summed E-state index contributed by atoms with van der Waals surface area (Å²) in [5.74, 6) is -0.493. The molecule has 0 saturated heterocycles. The third-order valence-corrected chi connectivity index (χ3v) is 4.06. The molecule has 1 fully saturated rings. The highest BCUT2D eigenvalue weighted by atomic mass is 16.2. The lowest BCUT2D eigenvalue weighted by atomic mass is 9.87. The number of amides is 2. The molecule has 2 rings (SSSR count). The van der Waals surface area contributed by atoms with Crippen LogP contribution in [0.25, 0.3) is 0 Å². The van der Waals surface area contributed by atoms with E-state index in [1.165, 1.54) is 5.56 Å². The van der Waals surface area contributed by atoms with Gasteiger partial charge in [-0.3, -0.25) is 9.59 Å². The molecule has 0 aliphatic heterocycles. The van der Waals surface area contributed by atoms with Crippen molar-refractivity contribution in [3.63, 3.8) is 0 Å². The Labute approximate surface area is 132 Å². The largest absolute Gasteiger partial charge is 0.352 e. The van der Waals surface area contributed by atoms with Crippen molar-refractivity contribution in [3.05, 3.63) is 29.8 Å². The topological polar surface area (TPSA) is 58.2 Å². The van der Waals surface area contributed by atoms with E-state index in [1.807, 2.05) is 24.3 Å². The van der Waals surface area contributed by atoms with Crippen LogP contribution in [0.4, 0.5) is 5.69 Å². The van der Waals surface area contributed by atoms with Crippen LogP contribution in [0.3, 0.4) is 0 Å². The Morgan fingerprint density at radius 1 is 0.955 bits per heavy atom. The molecule has 120 valence electrons. The second kappa shape index (κ2) is 5.75. The number of carbonyl (C=O) groups excluding carboxylic acids is 2. The average Bonchev–Trinajstić information content (AvgIpc) is 3.22. The van der Waals surface area contributed by atoms with Crippen LogP contribution in [0.2, 0.25) is 0 Å². The zero-order valence-corrected chi connectivity index (χ0v) is 14.1. The van der Waals surface area contributed by atoms with Crippen molar-refractivity contribution >= 4 is 17.5 Å². The number of rotatable bonds is 4. The van der Waals surface area contributed by atoms with E-state index in [0.29, 0.717) is 5.69 Å². The number of benzene rings is 1. The van der Waals surface area contributed by atoms with E-state index in [2.05, 4.69) is 31.4 Å². The third-order valence-electron chi connectivity index (χ3n) is 4.06. The maximum absolute atomic E-state index is 12.4. The minimum Gasteiger partial charge on any atom is -0.352 e. The Balaban J connectivity index is 2.02. The van der Waals surface area contributed by atoms with Gasteiger partial charge in [0.15, 0.2) is 0 Å². The van der Waals surface area contributed by atoms with Crippen LogP contribution >= 0.6 is 0 Å². The second-order valence-corrected chi connectivity index (χ2v) is 7.65. The molecule has 1 aliphatic carbocycles. The molecule has 22 heavy (non-hydrogen) atoms. The van der Waals surface area contributed by atoms with Gasteiger partial charge in [0, 0.05) is 11.7 Å². The molecule has 1 aromatic rings. The van der Waals surface area contributed by atoms with E-state index in [9.17, 15) is 9.59 Å². The Morgan fingerprint density at radius 3 is 1.95 bits per heavy atom. The van der Waals surface area contributed by atoms with Gasteiger partial charge in [-0.1, -0.05) is 32.9 Å². The van der Waals surface area contributed by atoms with Crippen molar-refractivity contribution in [3.8, 4) is 0 Å². The fraction of sp³-hybridized carbons (Fsp3) is 0.556. The molecule has 0 atom stereocenters. The summed E-state index contributed by atoms with van der Waals surface area (Å²) in [5.41, 5.74) is 0.915. The number of carbonyl (C=O) groups is 2. The van der Waals surface area contributed by atoms with Crippen molar-refractivity contribution < 1.29 is 9.59 Å². The number of nitrogens with one attached hydrogen (secondary N) is 2. The highest BCUT2D eigenvalue weighted by Gasteiger charge is 2.38. The van der Waals surface area contributed by atoms with Crippen molar-refractivity contribution in [2.45, 2.75) is 58.9 Å². The highest BCUT2D eigenvalue weighted by molar-refractivity contribution is 6.09. The molecule has 4 nitrogen and oxygen atoms in total. The molecule has 4 heteroatoms. The summed E-state index contributed by atoms with van der Waals surface area (Å²) >= 11 is 0. The molecule has 2 N–H and O–H groups in total. The second-order valence-electron chi connectivity index (χ2n) is 7.65. The SMILES string of the molecule is CC(C)(C(=O)Nc1ccc(C(C)(C)C)cc1)C(=O)NC1CC1. The lowest BCUT2D eigenvalue weighted by Gasteiger charge is -2.23. The summed E-state index contributed by atoms with van der Waals surface area (Å²) < 4.78 is 0. The summed E-state index contributed by atoms with van der Waals surface area (Å²) in [5, 5.41) is 5.73. The molecule has 1 aliphatic rings. The molecular weight excluding hydrogens is 276 g/mol. The van der Waals surface area contributed by atoms with Crippen LogP contribution in [0.1, 0.15) is 53.0 Å². The van der Waals surface area contributed by atoms with E-state index < -0.39 is 5.41 Å².